The van der Waals surface area contributed by atoms with Crippen molar-refractivity contribution in [2.75, 3.05) is 7.11 Å². The summed E-state index contributed by atoms with van der Waals surface area (Å²) in [4.78, 5) is 4.78. The van der Waals surface area contributed by atoms with Crippen LogP contribution in [-0.2, 0) is 4.84 Å². The Labute approximate surface area is 85.0 Å². The van der Waals surface area contributed by atoms with Crippen LogP contribution in [0.4, 0.5) is 0 Å². The van der Waals surface area contributed by atoms with Crippen molar-refractivity contribution in [3.8, 4) is 5.75 Å². The molecule has 0 fully saturated rings. The fourth-order valence-corrected chi connectivity index (χ4v) is 1.35. The topological polar surface area (TPSA) is 30.5 Å². The number of hydrogen-bond donors (Lipinski definition) is 1. The van der Waals surface area contributed by atoms with Gasteiger partial charge in [0.05, 0.1) is 7.11 Å². The molecule has 1 N–H and O–H groups in total. The van der Waals surface area contributed by atoms with Gasteiger partial charge < -0.3 is 9.57 Å². The lowest BCUT2D eigenvalue weighted by atomic mass is 10.1. The fraction of sp³-hybridized carbons (Fsp3) is 0.455. The molecule has 0 spiro atoms. The van der Waals surface area contributed by atoms with Crippen LogP contribution in [0.2, 0.25) is 0 Å². The number of benzene rings is 1. The molecule has 3 heteroatoms. The number of hydrogen-bond acceptors (Lipinski definition) is 3. The average Bonchev–Trinajstić information content (AvgIpc) is 2.12. The lowest BCUT2D eigenvalue weighted by Gasteiger charge is -2.17. The van der Waals surface area contributed by atoms with Gasteiger partial charge in [-0.15, -0.1) is 0 Å². The van der Waals surface area contributed by atoms with E-state index in [-0.39, 0.29) is 6.23 Å². The van der Waals surface area contributed by atoms with Crippen molar-refractivity contribution in [1.82, 2.24) is 5.48 Å². The third kappa shape index (κ3) is 2.72. The molecule has 14 heavy (non-hydrogen) atoms. The van der Waals surface area contributed by atoms with Crippen LogP contribution in [0.5, 0.6) is 5.75 Å². The molecule has 1 aromatic carbocycles. The minimum absolute atomic E-state index is 0.153. The third-order valence-corrected chi connectivity index (χ3v) is 1.99. The first-order valence-corrected chi connectivity index (χ1v) is 4.66. The van der Waals surface area contributed by atoms with Crippen molar-refractivity contribution in [3.63, 3.8) is 0 Å². The van der Waals surface area contributed by atoms with E-state index in [9.17, 15) is 0 Å². The zero-order valence-corrected chi connectivity index (χ0v) is 9.13. The SMILES string of the molecule is CONC(C)Oc1c(C)cccc1C. The standard InChI is InChI=1S/C11H17NO2/c1-8-6-5-7-9(2)11(8)14-10(3)12-13-4/h5-7,10,12H,1-4H3. The lowest BCUT2D eigenvalue weighted by Crippen LogP contribution is -2.30. The van der Waals surface area contributed by atoms with E-state index >= 15 is 0 Å². The molecule has 0 aromatic heterocycles. The Morgan fingerprint density at radius 3 is 2.29 bits per heavy atom. The Bertz CT molecular complexity index is 279. The Morgan fingerprint density at radius 2 is 1.79 bits per heavy atom. The number of hydroxylamine groups is 1. The maximum Gasteiger partial charge on any atom is 0.168 e. The molecule has 0 aliphatic rings. The van der Waals surface area contributed by atoms with E-state index in [0.717, 1.165) is 16.9 Å². The van der Waals surface area contributed by atoms with Crippen LogP contribution in [-0.4, -0.2) is 13.3 Å². The van der Waals surface area contributed by atoms with Crippen molar-refractivity contribution in [2.24, 2.45) is 0 Å². The summed E-state index contributed by atoms with van der Waals surface area (Å²) in [5.74, 6) is 0.921. The molecule has 1 atom stereocenters. The van der Waals surface area contributed by atoms with E-state index in [1.807, 2.05) is 39.0 Å². The summed E-state index contributed by atoms with van der Waals surface area (Å²) in [7, 11) is 1.57. The van der Waals surface area contributed by atoms with Crippen LogP contribution in [0.15, 0.2) is 18.2 Å². The first kappa shape index (κ1) is 11.0. The predicted octanol–water partition coefficient (Wildman–Crippen LogP) is 2.18. The van der Waals surface area contributed by atoms with Gasteiger partial charge in [0.1, 0.15) is 5.75 Å². The average molecular weight is 195 g/mol. The fourth-order valence-electron chi connectivity index (χ4n) is 1.35. The van der Waals surface area contributed by atoms with Crippen molar-refractivity contribution in [3.05, 3.63) is 29.3 Å². The summed E-state index contributed by atoms with van der Waals surface area (Å²) in [6.07, 6.45) is -0.153. The summed E-state index contributed by atoms with van der Waals surface area (Å²) >= 11 is 0. The van der Waals surface area contributed by atoms with Crippen LogP contribution >= 0.6 is 0 Å². The van der Waals surface area contributed by atoms with Crippen LogP contribution in [0.1, 0.15) is 18.1 Å². The van der Waals surface area contributed by atoms with Gasteiger partial charge in [-0.05, 0) is 31.9 Å². The first-order valence-electron chi connectivity index (χ1n) is 4.66. The smallest absolute Gasteiger partial charge is 0.168 e. The predicted molar refractivity (Wildman–Crippen MR) is 56.2 cm³/mol. The van der Waals surface area contributed by atoms with Crippen molar-refractivity contribution in [2.45, 2.75) is 27.0 Å². The van der Waals surface area contributed by atoms with Gasteiger partial charge in [-0.3, -0.25) is 0 Å². The van der Waals surface area contributed by atoms with Gasteiger partial charge in [-0.1, -0.05) is 18.2 Å². The van der Waals surface area contributed by atoms with Gasteiger partial charge in [-0.25, -0.2) is 0 Å². The first-order chi connectivity index (χ1) is 6.65. The number of ether oxygens (including phenoxy) is 1. The minimum atomic E-state index is -0.153. The van der Waals surface area contributed by atoms with E-state index in [1.54, 1.807) is 7.11 Å². The van der Waals surface area contributed by atoms with E-state index < -0.39 is 0 Å². The molecule has 1 rings (SSSR count). The Hall–Kier alpha value is -1.06. The zero-order chi connectivity index (χ0) is 10.6. The Kier molecular flexibility index (Phi) is 3.92. The van der Waals surface area contributed by atoms with Crippen LogP contribution in [0.25, 0.3) is 0 Å². The second-order valence-electron chi connectivity index (χ2n) is 3.30. The van der Waals surface area contributed by atoms with Crippen LogP contribution in [0, 0.1) is 13.8 Å². The monoisotopic (exact) mass is 195 g/mol. The van der Waals surface area contributed by atoms with Crippen molar-refractivity contribution in [1.29, 1.82) is 0 Å². The highest BCUT2D eigenvalue weighted by molar-refractivity contribution is 5.39. The molecule has 0 bridgehead atoms. The Balaban J connectivity index is 2.75. The molecular weight excluding hydrogens is 178 g/mol. The molecule has 0 aliphatic heterocycles. The summed E-state index contributed by atoms with van der Waals surface area (Å²) < 4.78 is 5.68. The third-order valence-electron chi connectivity index (χ3n) is 1.99. The molecule has 1 aromatic rings. The molecule has 3 nitrogen and oxygen atoms in total. The molecule has 78 valence electrons. The number of para-hydroxylation sites is 1. The molecule has 0 radical (unpaired) electrons. The lowest BCUT2D eigenvalue weighted by molar-refractivity contribution is -0.00808. The molecular formula is C11H17NO2. The van der Waals surface area contributed by atoms with Gasteiger partial charge in [0.2, 0.25) is 0 Å². The summed E-state index contributed by atoms with van der Waals surface area (Å²) in [6.45, 7) is 5.96. The normalized spacial score (nSPS) is 12.6. The quantitative estimate of drug-likeness (QED) is 0.590. The molecule has 0 heterocycles. The zero-order valence-electron chi connectivity index (χ0n) is 9.13. The molecule has 1 unspecified atom stereocenters. The number of aryl methyl sites for hydroxylation is 2. The van der Waals surface area contributed by atoms with Gasteiger partial charge >= 0.3 is 0 Å². The van der Waals surface area contributed by atoms with Gasteiger partial charge in [0.25, 0.3) is 0 Å². The van der Waals surface area contributed by atoms with E-state index in [4.69, 9.17) is 9.57 Å². The van der Waals surface area contributed by atoms with E-state index in [1.165, 1.54) is 0 Å². The summed E-state index contributed by atoms with van der Waals surface area (Å²) in [6, 6.07) is 6.08. The second kappa shape index (κ2) is 4.98. The molecule has 0 amide bonds. The summed E-state index contributed by atoms with van der Waals surface area (Å²) in [5.41, 5.74) is 4.99. The maximum absolute atomic E-state index is 5.68. The van der Waals surface area contributed by atoms with Gasteiger partial charge in [-0.2, -0.15) is 5.48 Å². The highest BCUT2D eigenvalue weighted by atomic mass is 16.7. The highest BCUT2D eigenvalue weighted by Gasteiger charge is 2.07. The van der Waals surface area contributed by atoms with Gasteiger partial charge in [0, 0.05) is 0 Å². The molecule has 0 aliphatic carbocycles. The van der Waals surface area contributed by atoms with E-state index in [0.29, 0.717) is 0 Å². The van der Waals surface area contributed by atoms with Gasteiger partial charge in [0.15, 0.2) is 6.23 Å². The number of rotatable bonds is 4. The molecule has 0 saturated heterocycles. The number of nitrogens with one attached hydrogen (secondary N) is 1. The Morgan fingerprint density at radius 1 is 1.21 bits per heavy atom. The molecule has 0 saturated carbocycles. The van der Waals surface area contributed by atoms with Crippen LogP contribution < -0.4 is 10.2 Å². The maximum atomic E-state index is 5.68. The van der Waals surface area contributed by atoms with Crippen molar-refractivity contribution >= 4 is 0 Å². The largest absolute Gasteiger partial charge is 0.473 e. The van der Waals surface area contributed by atoms with Crippen molar-refractivity contribution < 1.29 is 9.57 Å². The van der Waals surface area contributed by atoms with E-state index in [2.05, 4.69) is 5.48 Å². The second-order valence-corrected chi connectivity index (χ2v) is 3.30. The minimum Gasteiger partial charge on any atom is -0.473 e. The van der Waals surface area contributed by atoms with Crippen LogP contribution in [0.3, 0.4) is 0 Å². The highest BCUT2D eigenvalue weighted by Crippen LogP contribution is 2.22. The summed E-state index contributed by atoms with van der Waals surface area (Å²) in [5, 5.41) is 0.